The first kappa shape index (κ1) is 2.31. The van der Waals surface area contributed by atoms with Gasteiger partial charge in [0.15, 0.2) is 2.82 Å². The van der Waals surface area contributed by atoms with Crippen molar-refractivity contribution in [1.29, 1.82) is 0 Å². The number of rotatable bonds is 1. The minimum absolute atomic E-state index is 0.331. The molecule has 0 aliphatic heterocycles. The standard InChI is InChI=1S/C5H6N2/c6-5-3-1-2-4-7-5/h1-4H,(H2,6,7)/i/hD2. The molecule has 2 N–H and O–H groups in total. The van der Waals surface area contributed by atoms with Crippen molar-refractivity contribution < 1.29 is 2.82 Å². The van der Waals surface area contributed by atoms with E-state index in [9.17, 15) is 0 Å². The van der Waals surface area contributed by atoms with E-state index in [1.165, 1.54) is 0 Å². The molecule has 0 aliphatic carbocycles. The second kappa shape index (κ2) is 1.60. The molecule has 0 atom stereocenters. The molecular weight excluding hydrogens is 88.1 g/mol. The van der Waals surface area contributed by atoms with Gasteiger partial charge in [-0.15, -0.1) is 0 Å². The molecule has 0 amide bonds. The second-order valence-electron chi connectivity index (χ2n) is 1.19. The molecule has 7 heavy (non-hydrogen) atoms. The third-order valence-electron chi connectivity index (χ3n) is 0.649. The Bertz CT molecular complexity index is 176. The Hall–Kier alpha value is -1.05. The number of nitrogen functional groups attached to an aromatic ring is 1. The fourth-order valence-electron chi connectivity index (χ4n) is 0.354. The van der Waals surface area contributed by atoms with Gasteiger partial charge in [0.2, 0.25) is 0 Å². The van der Waals surface area contributed by atoms with Gasteiger partial charge in [0, 0.05) is 6.20 Å². The van der Waals surface area contributed by atoms with Crippen LogP contribution in [0.25, 0.3) is 0 Å². The number of nitrogens with zero attached hydrogens (tertiary/aromatic N) is 1. The van der Waals surface area contributed by atoms with Gasteiger partial charge in [-0.1, -0.05) is 6.07 Å². The lowest BCUT2D eigenvalue weighted by molar-refractivity contribution is 1.34. The quantitative estimate of drug-likeness (QED) is 0.558. The lowest BCUT2D eigenvalue weighted by Crippen LogP contribution is -1.85. The highest BCUT2D eigenvalue weighted by Crippen LogP contribution is 1.89. The van der Waals surface area contributed by atoms with Crippen LogP contribution in [0, 0.1) is 0 Å². The Balaban J connectivity index is 2.85. The first-order valence-electron chi connectivity index (χ1n) is 2.89. The average Bonchev–Trinajstić information content (AvgIpc) is 1.90. The summed E-state index contributed by atoms with van der Waals surface area (Å²) >= 11 is 0. The van der Waals surface area contributed by atoms with E-state index in [4.69, 9.17) is 2.82 Å². The van der Waals surface area contributed by atoms with Gasteiger partial charge in [0.25, 0.3) is 0 Å². The summed E-state index contributed by atoms with van der Waals surface area (Å²) in [6, 6.07) is 5.07. The molecule has 2 heteroatoms. The van der Waals surface area contributed by atoms with Crippen LogP contribution in [-0.2, 0) is 0 Å². The van der Waals surface area contributed by atoms with E-state index >= 15 is 0 Å². The summed E-state index contributed by atoms with van der Waals surface area (Å²) < 4.78 is 13.5. The maximum atomic E-state index is 6.76. The normalized spacial score (nSPS) is 12.0. The van der Waals surface area contributed by atoms with Gasteiger partial charge in [-0.05, 0) is 12.1 Å². The van der Waals surface area contributed by atoms with E-state index in [1.807, 2.05) is 0 Å². The van der Waals surface area contributed by atoms with Crippen molar-refractivity contribution in [2.75, 3.05) is 5.72 Å². The number of hydrogen-bond acceptors (Lipinski definition) is 2. The van der Waals surface area contributed by atoms with Crippen molar-refractivity contribution in [3.8, 4) is 0 Å². The molecule has 0 fully saturated rings. The highest BCUT2D eigenvalue weighted by molar-refractivity contribution is 5.25. The minimum Gasteiger partial charge on any atom is -0.384 e. The number of pyridine rings is 1. The summed E-state index contributed by atoms with van der Waals surface area (Å²) in [6.07, 6.45) is 1.55. The van der Waals surface area contributed by atoms with Crippen molar-refractivity contribution >= 4 is 5.82 Å². The molecule has 1 aromatic heterocycles. The molecule has 1 rings (SSSR count). The largest absolute Gasteiger partial charge is 0.384 e. The zero-order chi connectivity index (χ0) is 6.69. The molecule has 0 bridgehead atoms. The molecule has 0 aromatic carbocycles. The van der Waals surface area contributed by atoms with Crippen LogP contribution in [0.5, 0.6) is 0 Å². The molecule has 0 radical (unpaired) electrons. The van der Waals surface area contributed by atoms with Gasteiger partial charge in [-0.3, -0.25) is 0 Å². The predicted octanol–water partition coefficient (Wildman–Crippen LogP) is 0.664. The van der Waals surface area contributed by atoms with Crippen LogP contribution in [0.2, 0.25) is 2.82 Å². The van der Waals surface area contributed by atoms with Gasteiger partial charge in [0.05, 0.1) is 0 Å². The molecule has 1 aromatic rings. The Morgan fingerprint density at radius 2 is 2.71 bits per heavy atom. The first-order valence-corrected chi connectivity index (χ1v) is 1.99. The van der Waals surface area contributed by atoms with Crippen molar-refractivity contribution in [2.24, 2.45) is 0 Å². The maximum absolute atomic E-state index is 6.76. The molecule has 1 heterocycles. The summed E-state index contributed by atoms with van der Waals surface area (Å²) in [6.45, 7) is 0. The van der Waals surface area contributed by atoms with Crippen molar-refractivity contribution in [1.82, 2.24) is 4.98 Å². The lowest BCUT2D eigenvalue weighted by Gasteiger charge is -1.82. The molecule has 0 saturated heterocycles. The molecule has 0 spiro atoms. The molecule has 0 unspecified atom stereocenters. The van der Waals surface area contributed by atoms with Crippen LogP contribution >= 0.6 is 0 Å². The summed E-state index contributed by atoms with van der Waals surface area (Å²) in [5, 5.41) is 0. The zero-order valence-corrected chi connectivity index (χ0v) is 3.70. The van der Waals surface area contributed by atoms with Gasteiger partial charge >= 0.3 is 0 Å². The van der Waals surface area contributed by atoms with E-state index in [0.717, 1.165) is 0 Å². The summed E-state index contributed by atoms with van der Waals surface area (Å²) in [4.78, 5) is 3.73. The summed E-state index contributed by atoms with van der Waals surface area (Å²) in [5.41, 5.74) is 0.472. The first-order chi connectivity index (χ1) is 4.30. The van der Waals surface area contributed by atoms with Crippen LogP contribution in [0.1, 0.15) is 0 Å². The van der Waals surface area contributed by atoms with Crippen LogP contribution in [-0.4, -0.2) is 4.98 Å². The highest BCUT2D eigenvalue weighted by atomic mass is 14.8. The van der Waals surface area contributed by atoms with E-state index in [0.29, 0.717) is 11.5 Å². The molecular formula is C5H6N2. The smallest absolute Gasteiger partial charge is 0.158 e. The van der Waals surface area contributed by atoms with E-state index in [2.05, 4.69) is 4.98 Å². The monoisotopic (exact) mass is 96.1 g/mol. The van der Waals surface area contributed by atoms with Crippen molar-refractivity contribution in [3.05, 3.63) is 24.4 Å². The topological polar surface area (TPSA) is 38.9 Å². The van der Waals surface area contributed by atoms with Gasteiger partial charge in [-0.2, -0.15) is 0 Å². The predicted molar refractivity (Wildman–Crippen MR) is 28.6 cm³/mol. The summed E-state index contributed by atoms with van der Waals surface area (Å²) in [7, 11) is 0. The van der Waals surface area contributed by atoms with Crippen LogP contribution < -0.4 is 5.72 Å². The maximum Gasteiger partial charge on any atom is 0.158 e. The van der Waals surface area contributed by atoms with Crippen LogP contribution in [0.15, 0.2) is 24.4 Å². The van der Waals surface area contributed by atoms with Gasteiger partial charge in [0.1, 0.15) is 5.82 Å². The Kier molecular flexibility index (Phi) is 0.527. The number of nitrogens with two attached hydrogens (primary N) is 1. The van der Waals surface area contributed by atoms with E-state index in [1.54, 1.807) is 24.4 Å². The van der Waals surface area contributed by atoms with Crippen LogP contribution in [0.3, 0.4) is 0 Å². The second-order valence-corrected chi connectivity index (χ2v) is 1.19. The zero-order valence-electron chi connectivity index (χ0n) is 5.70. The third kappa shape index (κ3) is 0.892. The Labute approximate surface area is 44.9 Å². The summed E-state index contributed by atoms with van der Waals surface area (Å²) in [5.74, 6) is 0.331. The van der Waals surface area contributed by atoms with Crippen molar-refractivity contribution in [2.45, 2.75) is 0 Å². The lowest BCUT2D eigenvalue weighted by atomic mass is 10.5. The molecule has 36 valence electrons. The number of anilines is 1. The SMILES string of the molecule is [2H]N([2H])c1ccccn1. The highest BCUT2D eigenvalue weighted by Gasteiger charge is 1.73. The van der Waals surface area contributed by atoms with E-state index in [-0.39, 0.29) is 0 Å². The molecule has 2 nitrogen and oxygen atoms in total. The van der Waals surface area contributed by atoms with Crippen LogP contribution in [0.4, 0.5) is 5.82 Å². The third-order valence-corrected chi connectivity index (χ3v) is 0.649. The van der Waals surface area contributed by atoms with Gasteiger partial charge < -0.3 is 5.72 Å². The molecule has 0 saturated carbocycles. The number of hydrogen-bond donors (Lipinski definition) is 1. The average molecular weight is 96.1 g/mol. The molecule has 0 aliphatic rings. The minimum atomic E-state index is 0.331. The fraction of sp³-hybridized carbons (Fsp3) is 0. The Morgan fingerprint density at radius 1 is 1.71 bits per heavy atom. The van der Waals surface area contributed by atoms with Gasteiger partial charge in [-0.25, -0.2) is 4.98 Å². The Morgan fingerprint density at radius 3 is 3.14 bits per heavy atom. The van der Waals surface area contributed by atoms with Crippen molar-refractivity contribution in [3.63, 3.8) is 0 Å². The fourth-order valence-corrected chi connectivity index (χ4v) is 0.354. The number of aromatic nitrogens is 1. The van der Waals surface area contributed by atoms with E-state index < -0.39 is 0 Å².